The van der Waals surface area contributed by atoms with Gasteiger partial charge in [-0.2, -0.15) is 0 Å². The molecular formula is C43H59N7O6. The van der Waals surface area contributed by atoms with Gasteiger partial charge in [-0.05, 0) is 78.7 Å². The predicted molar refractivity (Wildman–Crippen MR) is 211 cm³/mol. The summed E-state index contributed by atoms with van der Waals surface area (Å²) < 4.78 is 0. The number of aryl methyl sites for hydroxylation is 1. The molecule has 2 heterocycles. The summed E-state index contributed by atoms with van der Waals surface area (Å²) in [4.78, 5) is 80.1. The van der Waals surface area contributed by atoms with Crippen molar-refractivity contribution in [1.29, 1.82) is 0 Å². The van der Waals surface area contributed by atoms with Crippen LogP contribution in [0.5, 0.6) is 0 Å². The van der Waals surface area contributed by atoms with Crippen molar-refractivity contribution < 1.29 is 29.1 Å². The fraction of sp³-hybridized carbons (Fsp3) is 0.605. The standard InChI is InChI=1S/C43H59N7O6/c1-6-18-46-41(55)37(51)31(22-27-16-17-27)47-40(54)36-33-30(43(33,4)5)24-50(36)42(56)34(26(3)21-29-15-11-10-12-25(29)2)48-39(53)35(28-13-8-7-9-14-28)49-38(52)32-23-44-19-20-45-32/h6,10-12,15,19-20,23,26-28,30-31,33-37,51H,1,7-9,13-14,16-18,21-22,24H2,2-5H3,(H,46,55)(H,47,54)(H,48,53)(H,49,52)/t26?,30-,31?,33-,34-,35-,36-,37?/m0/s1. The Morgan fingerprint density at radius 1 is 1.00 bits per heavy atom. The highest BCUT2D eigenvalue weighted by atomic mass is 16.3. The number of likely N-dealkylation sites (tertiary alicyclic amines) is 1. The van der Waals surface area contributed by atoms with Gasteiger partial charge < -0.3 is 31.3 Å². The summed E-state index contributed by atoms with van der Waals surface area (Å²) in [6.07, 6.45) is 11.6. The second kappa shape index (κ2) is 17.7. The van der Waals surface area contributed by atoms with Crippen LogP contribution in [0.15, 0.2) is 55.5 Å². The normalized spacial score (nSPS) is 24.0. The fourth-order valence-corrected chi connectivity index (χ4v) is 9.19. The molecule has 0 spiro atoms. The van der Waals surface area contributed by atoms with E-state index >= 15 is 4.79 Å². The molecule has 4 fully saturated rings. The Morgan fingerprint density at radius 3 is 2.39 bits per heavy atom. The number of aromatic nitrogens is 2. The van der Waals surface area contributed by atoms with E-state index in [1.54, 1.807) is 4.90 Å². The monoisotopic (exact) mass is 769 g/mol. The van der Waals surface area contributed by atoms with E-state index in [0.717, 1.165) is 56.1 Å². The molecule has 6 rings (SSSR count). The predicted octanol–water partition coefficient (Wildman–Crippen LogP) is 3.26. The first-order chi connectivity index (χ1) is 26.8. The number of amides is 5. The molecule has 13 heteroatoms. The molecule has 0 radical (unpaired) electrons. The van der Waals surface area contributed by atoms with Crippen LogP contribution in [0.3, 0.4) is 0 Å². The number of piperidine rings is 1. The molecule has 1 saturated heterocycles. The number of hydrogen-bond acceptors (Lipinski definition) is 8. The summed E-state index contributed by atoms with van der Waals surface area (Å²) in [6.45, 7) is 12.3. The van der Waals surface area contributed by atoms with Crippen LogP contribution in [-0.2, 0) is 25.6 Å². The molecule has 1 aromatic carbocycles. The van der Waals surface area contributed by atoms with Crippen LogP contribution in [0.4, 0.5) is 0 Å². The zero-order valence-corrected chi connectivity index (χ0v) is 33.2. The highest BCUT2D eigenvalue weighted by Gasteiger charge is 2.69. The van der Waals surface area contributed by atoms with Crippen LogP contribution in [0.1, 0.15) is 93.8 Å². The maximum absolute atomic E-state index is 15.1. The maximum atomic E-state index is 15.1. The molecule has 56 heavy (non-hydrogen) atoms. The van der Waals surface area contributed by atoms with E-state index in [0.29, 0.717) is 25.3 Å². The van der Waals surface area contributed by atoms with Crippen molar-refractivity contribution in [2.24, 2.45) is 35.0 Å². The quantitative estimate of drug-likeness (QED) is 0.152. The van der Waals surface area contributed by atoms with Crippen molar-refractivity contribution >= 4 is 29.5 Å². The minimum absolute atomic E-state index is 0.0641. The van der Waals surface area contributed by atoms with Crippen molar-refractivity contribution in [2.75, 3.05) is 13.1 Å². The molecule has 3 unspecified atom stereocenters. The fourth-order valence-electron chi connectivity index (χ4n) is 9.19. The number of aliphatic hydroxyl groups excluding tert-OH is 1. The number of carbonyl (C=O) groups is 5. The lowest BCUT2D eigenvalue weighted by Crippen LogP contribution is -2.62. The molecular weight excluding hydrogens is 711 g/mol. The largest absolute Gasteiger partial charge is 0.381 e. The van der Waals surface area contributed by atoms with Gasteiger partial charge in [0.05, 0.1) is 12.2 Å². The number of rotatable bonds is 17. The van der Waals surface area contributed by atoms with Crippen LogP contribution in [-0.4, -0.2) is 92.9 Å². The van der Waals surface area contributed by atoms with Crippen LogP contribution < -0.4 is 21.3 Å². The summed E-state index contributed by atoms with van der Waals surface area (Å²) in [7, 11) is 0. The van der Waals surface area contributed by atoms with Gasteiger partial charge in [0.1, 0.15) is 23.8 Å². The summed E-state index contributed by atoms with van der Waals surface area (Å²) in [5, 5.41) is 22.8. The van der Waals surface area contributed by atoms with E-state index in [2.05, 4.69) is 51.7 Å². The summed E-state index contributed by atoms with van der Waals surface area (Å²) in [5.74, 6) is -2.64. The number of fused-ring (bicyclic) bond motifs is 1. The Morgan fingerprint density at radius 2 is 1.73 bits per heavy atom. The van der Waals surface area contributed by atoms with Gasteiger partial charge in [0.2, 0.25) is 17.7 Å². The molecule has 0 bridgehead atoms. The van der Waals surface area contributed by atoms with Crippen molar-refractivity contribution in [1.82, 2.24) is 36.1 Å². The topological polar surface area (TPSA) is 183 Å². The van der Waals surface area contributed by atoms with Gasteiger partial charge in [-0.3, -0.25) is 29.0 Å². The third kappa shape index (κ3) is 9.30. The number of nitrogens with zero attached hydrogens (tertiary/aromatic N) is 3. The minimum atomic E-state index is -1.47. The number of carbonyl (C=O) groups excluding carboxylic acids is 5. The molecule has 1 aromatic heterocycles. The number of benzene rings is 1. The molecule has 4 aliphatic rings. The van der Waals surface area contributed by atoms with Crippen molar-refractivity contribution in [3.05, 3.63) is 72.3 Å². The highest BCUT2D eigenvalue weighted by molar-refractivity contribution is 5.98. The van der Waals surface area contributed by atoms with Gasteiger partial charge in [0, 0.05) is 25.5 Å². The first kappa shape index (κ1) is 41.0. The number of nitrogens with one attached hydrogen (secondary N) is 4. The van der Waals surface area contributed by atoms with E-state index in [4.69, 9.17) is 0 Å². The van der Waals surface area contributed by atoms with Gasteiger partial charge in [-0.25, -0.2) is 4.98 Å². The molecule has 13 nitrogen and oxygen atoms in total. The molecule has 302 valence electrons. The third-order valence-electron chi connectivity index (χ3n) is 12.9. The minimum Gasteiger partial charge on any atom is -0.381 e. The third-order valence-corrected chi connectivity index (χ3v) is 12.9. The second-order valence-corrected chi connectivity index (χ2v) is 17.2. The average Bonchev–Trinajstić information content (AvgIpc) is 4.06. The van der Waals surface area contributed by atoms with Gasteiger partial charge >= 0.3 is 0 Å². The van der Waals surface area contributed by atoms with E-state index < -0.39 is 53.9 Å². The SMILES string of the molecule is C=CCNC(=O)C(O)C(CC1CC1)NC(=O)[C@@H]1[C@@H]2[C@H](CN1C(=O)[C@@H](NC(=O)[C@@H](NC(=O)c1cnccn1)C1CCCCC1)C(C)Cc1ccccc1C)C2(C)C. The first-order valence-electron chi connectivity index (χ1n) is 20.4. The lowest BCUT2D eigenvalue weighted by Gasteiger charge is -2.37. The zero-order chi connectivity index (χ0) is 40.1. The molecule has 5 N–H and O–H groups in total. The molecule has 5 amide bonds. The van der Waals surface area contributed by atoms with Gasteiger partial charge in [0.15, 0.2) is 6.10 Å². The smallest absolute Gasteiger partial charge is 0.272 e. The molecule has 1 aliphatic heterocycles. The lowest BCUT2D eigenvalue weighted by molar-refractivity contribution is -0.145. The molecule has 3 saturated carbocycles. The Labute approximate surface area is 330 Å². The number of aliphatic hydroxyl groups is 1. The molecule has 2 aromatic rings. The Balaban J connectivity index is 1.28. The van der Waals surface area contributed by atoms with Crippen molar-refractivity contribution in [3.8, 4) is 0 Å². The summed E-state index contributed by atoms with van der Waals surface area (Å²) >= 11 is 0. The Kier molecular flexibility index (Phi) is 12.9. The van der Waals surface area contributed by atoms with Gasteiger partial charge in [-0.15, -0.1) is 6.58 Å². The number of hydrogen-bond donors (Lipinski definition) is 5. The van der Waals surface area contributed by atoms with Crippen LogP contribution in [0.2, 0.25) is 0 Å². The lowest BCUT2D eigenvalue weighted by atomic mass is 9.83. The zero-order valence-electron chi connectivity index (χ0n) is 33.2. The van der Waals surface area contributed by atoms with Crippen molar-refractivity contribution in [2.45, 2.75) is 116 Å². The Hall–Kier alpha value is -4.65. The Bertz CT molecular complexity index is 1760. The van der Waals surface area contributed by atoms with Crippen LogP contribution in [0, 0.1) is 41.9 Å². The van der Waals surface area contributed by atoms with Crippen molar-refractivity contribution in [3.63, 3.8) is 0 Å². The van der Waals surface area contributed by atoms with E-state index in [1.165, 1.54) is 24.7 Å². The first-order valence-corrected chi connectivity index (χ1v) is 20.4. The van der Waals surface area contributed by atoms with E-state index in [1.807, 2.05) is 38.1 Å². The second-order valence-electron chi connectivity index (χ2n) is 17.2. The van der Waals surface area contributed by atoms with Crippen LogP contribution in [0.25, 0.3) is 0 Å². The van der Waals surface area contributed by atoms with Gasteiger partial charge in [0.25, 0.3) is 11.8 Å². The van der Waals surface area contributed by atoms with E-state index in [9.17, 15) is 24.3 Å². The maximum Gasteiger partial charge on any atom is 0.272 e. The molecule has 3 aliphatic carbocycles. The highest BCUT2D eigenvalue weighted by Crippen LogP contribution is 2.65. The summed E-state index contributed by atoms with van der Waals surface area (Å²) in [6, 6.07) is 4.32. The van der Waals surface area contributed by atoms with E-state index in [-0.39, 0.29) is 47.2 Å². The average molecular weight is 770 g/mol. The van der Waals surface area contributed by atoms with Gasteiger partial charge in [-0.1, -0.05) is 83.2 Å². The van der Waals surface area contributed by atoms with Crippen LogP contribution >= 0.6 is 0 Å². The molecule has 8 atom stereocenters. The summed E-state index contributed by atoms with van der Waals surface area (Å²) in [5.41, 5.74) is 2.00.